The lowest BCUT2D eigenvalue weighted by atomic mass is 10.0. The van der Waals surface area contributed by atoms with Crippen LogP contribution < -0.4 is 5.32 Å². The summed E-state index contributed by atoms with van der Waals surface area (Å²) in [6.07, 6.45) is 6.28. The van der Waals surface area contributed by atoms with Crippen LogP contribution in [0.15, 0.2) is 23.1 Å². The molecular formula is C33H47F3N6O3S2. The topological polar surface area (TPSA) is 90.8 Å². The molecule has 3 fully saturated rings. The summed E-state index contributed by atoms with van der Waals surface area (Å²) in [5.41, 5.74) is 2.21. The average molecular weight is 697 g/mol. The molecule has 3 aliphatic heterocycles. The molecule has 14 heteroatoms. The van der Waals surface area contributed by atoms with E-state index in [0.29, 0.717) is 61.6 Å². The number of piperidine rings is 1. The van der Waals surface area contributed by atoms with Crippen LogP contribution in [0.1, 0.15) is 74.6 Å². The minimum atomic E-state index is -4.48. The van der Waals surface area contributed by atoms with Crippen molar-refractivity contribution in [1.29, 1.82) is 0 Å². The highest BCUT2D eigenvalue weighted by atomic mass is 32.2. The minimum Gasteiger partial charge on any atom is -0.340 e. The largest absolute Gasteiger partial charge is 0.417 e. The quantitative estimate of drug-likeness (QED) is 0.247. The lowest BCUT2D eigenvalue weighted by Gasteiger charge is -2.36. The van der Waals surface area contributed by atoms with E-state index in [1.165, 1.54) is 41.2 Å². The summed E-state index contributed by atoms with van der Waals surface area (Å²) in [6, 6.07) is 5.00. The number of hydrogen-bond donors (Lipinski definition) is 1. The summed E-state index contributed by atoms with van der Waals surface area (Å²) in [4.78, 5) is 16.8. The van der Waals surface area contributed by atoms with Gasteiger partial charge in [-0.1, -0.05) is 18.9 Å². The van der Waals surface area contributed by atoms with Gasteiger partial charge in [-0.15, -0.1) is 11.8 Å². The first-order valence-electron chi connectivity index (χ1n) is 17.1. The number of rotatable bonds is 12. The van der Waals surface area contributed by atoms with Crippen LogP contribution in [-0.2, 0) is 40.5 Å². The van der Waals surface area contributed by atoms with E-state index >= 15 is 0 Å². The van der Waals surface area contributed by atoms with Gasteiger partial charge in [0.2, 0.25) is 15.9 Å². The number of nitrogens with one attached hydrogen (secondary N) is 1. The fraction of sp³-hybridized carbons (Fsp3) is 0.697. The molecule has 0 bridgehead atoms. The van der Waals surface area contributed by atoms with E-state index in [4.69, 9.17) is 5.10 Å². The van der Waals surface area contributed by atoms with Gasteiger partial charge in [0, 0.05) is 98.2 Å². The minimum absolute atomic E-state index is 0.154. The summed E-state index contributed by atoms with van der Waals surface area (Å²) in [7, 11) is -3.46. The third-order valence-corrected chi connectivity index (χ3v) is 12.5. The van der Waals surface area contributed by atoms with Crippen LogP contribution in [-0.4, -0.2) is 102 Å². The van der Waals surface area contributed by atoms with Crippen molar-refractivity contribution < 1.29 is 26.4 Å². The standard InChI is InChI=1S/C33H47F3N6O3S2/c1-47(44,45)40-20-13-29-27(23-40)32(38-42(29)17-5-15-39-18-11-26(12-19-39)41-16-4-8-31(41)43)24-9-10-28(33(34,35)36)30(22-24)46-21-14-37-25-6-2-3-7-25/h9-10,22,25-26,37H,2-8,11-21,23H2,1H3. The molecule has 1 saturated carbocycles. The lowest BCUT2D eigenvalue weighted by Crippen LogP contribution is -2.45. The maximum absolute atomic E-state index is 14.1. The molecule has 2 saturated heterocycles. The molecule has 1 aliphatic carbocycles. The van der Waals surface area contributed by atoms with E-state index < -0.39 is 21.8 Å². The first kappa shape index (κ1) is 34.7. The molecule has 1 aromatic heterocycles. The number of amides is 1. The van der Waals surface area contributed by atoms with Crippen LogP contribution in [0.5, 0.6) is 0 Å². The number of fused-ring (bicyclic) bond motifs is 1. The van der Waals surface area contributed by atoms with Crippen molar-refractivity contribution in [2.75, 3.05) is 51.3 Å². The van der Waals surface area contributed by atoms with Crippen molar-refractivity contribution in [3.63, 3.8) is 0 Å². The molecule has 9 nitrogen and oxygen atoms in total. The van der Waals surface area contributed by atoms with Crippen LogP contribution in [0.25, 0.3) is 11.3 Å². The number of halogens is 3. The highest BCUT2D eigenvalue weighted by molar-refractivity contribution is 7.99. The third-order valence-electron chi connectivity index (χ3n) is 10.2. The maximum Gasteiger partial charge on any atom is 0.417 e. The number of carbonyl (C=O) groups is 1. The normalized spacial score (nSPS) is 20.9. The number of sulfonamides is 1. The zero-order valence-corrected chi connectivity index (χ0v) is 28.9. The number of likely N-dealkylation sites (tertiary alicyclic amines) is 2. The van der Waals surface area contributed by atoms with Gasteiger partial charge in [-0.3, -0.25) is 9.48 Å². The van der Waals surface area contributed by atoms with Crippen molar-refractivity contribution in [2.24, 2.45) is 0 Å². The van der Waals surface area contributed by atoms with Crippen LogP contribution in [0.4, 0.5) is 13.2 Å². The van der Waals surface area contributed by atoms with Crippen molar-refractivity contribution in [2.45, 2.75) is 100 Å². The van der Waals surface area contributed by atoms with Gasteiger partial charge < -0.3 is 15.1 Å². The van der Waals surface area contributed by atoms with E-state index in [9.17, 15) is 26.4 Å². The highest BCUT2D eigenvalue weighted by Gasteiger charge is 2.35. The second-order valence-corrected chi connectivity index (χ2v) is 16.6. The number of alkyl halides is 3. The molecule has 47 heavy (non-hydrogen) atoms. The number of thioether (sulfide) groups is 1. The molecule has 0 atom stereocenters. The molecule has 1 amide bonds. The number of carbonyl (C=O) groups excluding carboxylic acids is 1. The second kappa shape index (κ2) is 14.8. The average Bonchev–Trinajstić information content (AvgIpc) is 3.79. The van der Waals surface area contributed by atoms with Crippen LogP contribution >= 0.6 is 11.8 Å². The summed E-state index contributed by atoms with van der Waals surface area (Å²) >= 11 is 1.20. The third kappa shape index (κ3) is 8.37. The van der Waals surface area contributed by atoms with Crippen molar-refractivity contribution in [1.82, 2.24) is 29.2 Å². The van der Waals surface area contributed by atoms with Gasteiger partial charge in [0.05, 0.1) is 17.5 Å². The Morgan fingerprint density at radius 2 is 1.77 bits per heavy atom. The van der Waals surface area contributed by atoms with Gasteiger partial charge in [0.25, 0.3) is 0 Å². The number of nitrogens with zero attached hydrogens (tertiary/aromatic N) is 5. The predicted molar refractivity (Wildman–Crippen MR) is 178 cm³/mol. The monoisotopic (exact) mass is 696 g/mol. The van der Waals surface area contributed by atoms with E-state index in [0.717, 1.165) is 82.0 Å². The van der Waals surface area contributed by atoms with Gasteiger partial charge in [0.1, 0.15) is 0 Å². The summed E-state index contributed by atoms with van der Waals surface area (Å²) in [5, 5.41) is 8.43. The molecule has 1 N–H and O–H groups in total. The smallest absolute Gasteiger partial charge is 0.340 e. The highest BCUT2D eigenvalue weighted by Crippen LogP contribution is 2.40. The van der Waals surface area contributed by atoms with Crippen LogP contribution in [0, 0.1) is 0 Å². The Balaban J connectivity index is 1.17. The van der Waals surface area contributed by atoms with Crippen LogP contribution in [0.2, 0.25) is 0 Å². The van der Waals surface area contributed by atoms with E-state index in [1.807, 2.05) is 4.68 Å². The number of aryl methyl sites for hydroxylation is 1. The molecule has 6 rings (SSSR count). The zero-order valence-electron chi connectivity index (χ0n) is 27.2. The molecule has 0 unspecified atom stereocenters. The molecule has 260 valence electrons. The molecule has 0 radical (unpaired) electrons. The van der Waals surface area contributed by atoms with Gasteiger partial charge in [0.15, 0.2) is 0 Å². The maximum atomic E-state index is 14.1. The Morgan fingerprint density at radius 1 is 1.00 bits per heavy atom. The fourth-order valence-corrected chi connectivity index (χ4v) is 9.47. The molecule has 1 aromatic carbocycles. The predicted octanol–water partition coefficient (Wildman–Crippen LogP) is 4.99. The Bertz CT molecular complexity index is 1520. The molecular weight excluding hydrogens is 650 g/mol. The molecule has 2 aromatic rings. The van der Waals surface area contributed by atoms with Gasteiger partial charge in [-0.2, -0.15) is 22.6 Å². The van der Waals surface area contributed by atoms with Crippen molar-refractivity contribution in [3.8, 4) is 11.3 Å². The van der Waals surface area contributed by atoms with Crippen LogP contribution in [0.3, 0.4) is 0 Å². The Kier molecular flexibility index (Phi) is 10.9. The van der Waals surface area contributed by atoms with Gasteiger partial charge in [-0.05, 0) is 57.2 Å². The molecule has 0 spiro atoms. The Labute approximate surface area is 280 Å². The Morgan fingerprint density at radius 3 is 2.45 bits per heavy atom. The number of hydrogen-bond acceptors (Lipinski definition) is 7. The second-order valence-electron chi connectivity index (χ2n) is 13.5. The first-order valence-corrected chi connectivity index (χ1v) is 19.9. The van der Waals surface area contributed by atoms with Crippen molar-refractivity contribution >= 4 is 27.7 Å². The lowest BCUT2D eigenvalue weighted by molar-refractivity contribution is -0.139. The van der Waals surface area contributed by atoms with Crippen molar-refractivity contribution in [3.05, 3.63) is 35.0 Å². The summed E-state index contributed by atoms with van der Waals surface area (Å²) < 4.78 is 70.6. The number of benzene rings is 1. The molecule has 4 heterocycles. The number of aromatic nitrogens is 2. The summed E-state index contributed by atoms with van der Waals surface area (Å²) in [6.45, 7) is 5.44. The molecule has 4 aliphatic rings. The van der Waals surface area contributed by atoms with Gasteiger partial charge in [-0.25, -0.2) is 8.42 Å². The van der Waals surface area contributed by atoms with E-state index in [2.05, 4.69) is 15.1 Å². The summed E-state index contributed by atoms with van der Waals surface area (Å²) in [5.74, 6) is 0.801. The van der Waals surface area contributed by atoms with E-state index in [-0.39, 0.29) is 17.3 Å². The fourth-order valence-electron chi connectivity index (χ4n) is 7.70. The first-order chi connectivity index (χ1) is 22.5. The SMILES string of the molecule is CS(=O)(=O)N1CCc2c(c(-c3ccc(C(F)(F)F)c(SCCNC4CCCC4)c3)nn2CCCN2CCC(N3CCCC3=O)CC2)C1. The van der Waals surface area contributed by atoms with Gasteiger partial charge >= 0.3 is 6.18 Å². The zero-order chi connectivity index (χ0) is 33.2. The Hall–Kier alpha value is -2.13. The van der Waals surface area contributed by atoms with E-state index in [1.54, 1.807) is 6.07 Å².